The SMILES string of the molecule is CCNC(=O)CCNC(=O)CC1(C(=O)O)CCCCC1. The molecule has 6 nitrogen and oxygen atoms in total. The molecule has 114 valence electrons. The maximum Gasteiger partial charge on any atom is 0.310 e. The van der Waals surface area contributed by atoms with Crippen molar-refractivity contribution in [3.05, 3.63) is 0 Å². The smallest absolute Gasteiger partial charge is 0.310 e. The number of nitrogens with one attached hydrogen (secondary N) is 2. The molecule has 1 rings (SSSR count). The molecule has 1 saturated carbocycles. The highest BCUT2D eigenvalue weighted by Crippen LogP contribution is 2.39. The maximum absolute atomic E-state index is 11.9. The summed E-state index contributed by atoms with van der Waals surface area (Å²) in [5.74, 6) is -1.27. The van der Waals surface area contributed by atoms with Crippen molar-refractivity contribution in [2.45, 2.75) is 51.9 Å². The highest BCUT2D eigenvalue weighted by molar-refractivity contribution is 5.85. The van der Waals surface area contributed by atoms with Crippen molar-refractivity contribution >= 4 is 17.8 Å². The van der Waals surface area contributed by atoms with Gasteiger partial charge < -0.3 is 15.7 Å². The van der Waals surface area contributed by atoms with Crippen LogP contribution in [0.25, 0.3) is 0 Å². The van der Waals surface area contributed by atoms with Crippen LogP contribution in [0.5, 0.6) is 0 Å². The van der Waals surface area contributed by atoms with Crippen LogP contribution in [0.4, 0.5) is 0 Å². The molecule has 1 fully saturated rings. The predicted molar refractivity (Wildman–Crippen MR) is 74.1 cm³/mol. The Morgan fingerprint density at radius 3 is 2.25 bits per heavy atom. The highest BCUT2D eigenvalue weighted by Gasteiger charge is 2.41. The zero-order chi connectivity index (χ0) is 15.0. The van der Waals surface area contributed by atoms with E-state index >= 15 is 0 Å². The number of carboxylic acid groups (broad SMARTS) is 1. The first-order valence-electron chi connectivity index (χ1n) is 7.27. The topological polar surface area (TPSA) is 95.5 Å². The predicted octanol–water partition coefficient (Wildman–Crippen LogP) is 1.05. The van der Waals surface area contributed by atoms with Crippen LogP contribution in [0, 0.1) is 5.41 Å². The summed E-state index contributed by atoms with van der Waals surface area (Å²) < 4.78 is 0. The molecule has 0 heterocycles. The van der Waals surface area contributed by atoms with Crippen LogP contribution in [0.2, 0.25) is 0 Å². The number of amides is 2. The van der Waals surface area contributed by atoms with Crippen molar-refractivity contribution < 1.29 is 19.5 Å². The van der Waals surface area contributed by atoms with E-state index in [4.69, 9.17) is 0 Å². The Kier molecular flexibility index (Phi) is 6.48. The van der Waals surface area contributed by atoms with Gasteiger partial charge in [0, 0.05) is 25.9 Å². The average Bonchev–Trinajstić information content (AvgIpc) is 2.39. The van der Waals surface area contributed by atoms with E-state index in [-0.39, 0.29) is 31.2 Å². The van der Waals surface area contributed by atoms with Crippen molar-refractivity contribution in [1.29, 1.82) is 0 Å². The molecule has 1 aliphatic carbocycles. The standard InChI is InChI=1S/C14H24N2O4/c1-2-15-11(17)6-9-16-12(18)10-14(13(19)20)7-4-3-5-8-14/h2-10H2,1H3,(H,15,17)(H,16,18)(H,19,20). The van der Waals surface area contributed by atoms with E-state index in [1.807, 2.05) is 6.92 Å². The third kappa shape index (κ3) is 4.83. The zero-order valence-corrected chi connectivity index (χ0v) is 12.0. The molecule has 0 aliphatic heterocycles. The first-order valence-corrected chi connectivity index (χ1v) is 7.27. The number of carbonyl (C=O) groups excluding carboxylic acids is 2. The van der Waals surface area contributed by atoms with E-state index < -0.39 is 11.4 Å². The van der Waals surface area contributed by atoms with Gasteiger partial charge >= 0.3 is 5.97 Å². The minimum Gasteiger partial charge on any atom is -0.481 e. The monoisotopic (exact) mass is 284 g/mol. The van der Waals surface area contributed by atoms with Crippen LogP contribution < -0.4 is 10.6 Å². The third-order valence-corrected chi connectivity index (χ3v) is 3.81. The second-order valence-corrected chi connectivity index (χ2v) is 5.38. The Morgan fingerprint density at radius 2 is 1.70 bits per heavy atom. The molecule has 0 atom stereocenters. The molecule has 0 bridgehead atoms. The Hall–Kier alpha value is -1.59. The minimum atomic E-state index is -0.909. The largest absolute Gasteiger partial charge is 0.481 e. The average molecular weight is 284 g/mol. The zero-order valence-electron chi connectivity index (χ0n) is 12.0. The summed E-state index contributed by atoms with van der Waals surface area (Å²) >= 11 is 0. The van der Waals surface area contributed by atoms with Crippen LogP contribution in [0.15, 0.2) is 0 Å². The number of hydrogen-bond acceptors (Lipinski definition) is 3. The molecule has 0 aromatic rings. The van der Waals surface area contributed by atoms with Gasteiger partial charge in [-0.1, -0.05) is 19.3 Å². The molecule has 0 spiro atoms. The molecule has 0 aromatic heterocycles. The molecular weight excluding hydrogens is 260 g/mol. The van der Waals surface area contributed by atoms with Gasteiger partial charge in [0.25, 0.3) is 0 Å². The van der Waals surface area contributed by atoms with Gasteiger partial charge in [-0.2, -0.15) is 0 Å². The summed E-state index contributed by atoms with van der Waals surface area (Å²) in [5.41, 5.74) is -0.909. The molecule has 0 saturated heterocycles. The van der Waals surface area contributed by atoms with Gasteiger partial charge in [-0.3, -0.25) is 14.4 Å². The number of carbonyl (C=O) groups is 3. The number of rotatable bonds is 7. The van der Waals surface area contributed by atoms with Gasteiger partial charge in [0.1, 0.15) is 0 Å². The second kappa shape index (κ2) is 7.87. The van der Waals surface area contributed by atoms with Crippen molar-refractivity contribution in [3.8, 4) is 0 Å². The molecule has 1 aliphatic rings. The van der Waals surface area contributed by atoms with Gasteiger partial charge in [0.15, 0.2) is 0 Å². The fourth-order valence-electron chi connectivity index (χ4n) is 2.67. The summed E-state index contributed by atoms with van der Waals surface area (Å²) in [5, 5.41) is 14.7. The van der Waals surface area contributed by atoms with Crippen LogP contribution in [-0.2, 0) is 14.4 Å². The number of carboxylic acids is 1. The molecule has 20 heavy (non-hydrogen) atoms. The highest BCUT2D eigenvalue weighted by atomic mass is 16.4. The van der Waals surface area contributed by atoms with Crippen molar-refractivity contribution in [2.75, 3.05) is 13.1 Å². The van der Waals surface area contributed by atoms with Gasteiger partial charge in [0.2, 0.25) is 11.8 Å². The fraction of sp³-hybridized carbons (Fsp3) is 0.786. The quantitative estimate of drug-likeness (QED) is 0.651. The molecule has 2 amide bonds. The summed E-state index contributed by atoms with van der Waals surface area (Å²) in [6.45, 7) is 2.64. The molecular formula is C14H24N2O4. The Morgan fingerprint density at radius 1 is 1.05 bits per heavy atom. The van der Waals surface area contributed by atoms with E-state index in [0.29, 0.717) is 19.4 Å². The van der Waals surface area contributed by atoms with E-state index in [2.05, 4.69) is 10.6 Å². The van der Waals surface area contributed by atoms with Crippen LogP contribution in [0.1, 0.15) is 51.9 Å². The minimum absolute atomic E-state index is 0.0116. The first-order chi connectivity index (χ1) is 9.50. The van der Waals surface area contributed by atoms with Crippen molar-refractivity contribution in [3.63, 3.8) is 0 Å². The Balaban J connectivity index is 2.39. The lowest BCUT2D eigenvalue weighted by molar-refractivity contribution is -0.154. The van der Waals surface area contributed by atoms with Gasteiger partial charge in [-0.15, -0.1) is 0 Å². The normalized spacial score (nSPS) is 17.2. The van der Waals surface area contributed by atoms with E-state index in [9.17, 15) is 19.5 Å². The maximum atomic E-state index is 11.9. The summed E-state index contributed by atoms with van der Waals surface area (Å²) in [6.07, 6.45) is 4.11. The van der Waals surface area contributed by atoms with Gasteiger partial charge in [0.05, 0.1) is 5.41 Å². The van der Waals surface area contributed by atoms with E-state index in [1.54, 1.807) is 0 Å². The Bertz CT molecular complexity index is 362. The number of aliphatic carboxylic acids is 1. The van der Waals surface area contributed by atoms with Crippen molar-refractivity contribution in [1.82, 2.24) is 10.6 Å². The molecule has 0 aromatic carbocycles. The Labute approximate surface area is 119 Å². The summed E-state index contributed by atoms with van der Waals surface area (Å²) in [6, 6.07) is 0. The number of hydrogen-bond donors (Lipinski definition) is 3. The lowest BCUT2D eigenvalue weighted by Gasteiger charge is -2.32. The second-order valence-electron chi connectivity index (χ2n) is 5.38. The third-order valence-electron chi connectivity index (χ3n) is 3.81. The molecule has 3 N–H and O–H groups in total. The van der Waals surface area contributed by atoms with Gasteiger partial charge in [-0.25, -0.2) is 0 Å². The van der Waals surface area contributed by atoms with Crippen LogP contribution in [-0.4, -0.2) is 36.0 Å². The fourth-order valence-corrected chi connectivity index (χ4v) is 2.67. The molecule has 0 unspecified atom stereocenters. The lowest BCUT2D eigenvalue weighted by atomic mass is 9.71. The molecule has 6 heteroatoms. The van der Waals surface area contributed by atoms with Gasteiger partial charge in [-0.05, 0) is 19.8 Å². The lowest BCUT2D eigenvalue weighted by Crippen LogP contribution is -2.40. The van der Waals surface area contributed by atoms with Crippen molar-refractivity contribution in [2.24, 2.45) is 5.41 Å². The van der Waals surface area contributed by atoms with E-state index in [1.165, 1.54) is 0 Å². The molecule has 0 radical (unpaired) electrons. The van der Waals surface area contributed by atoms with Crippen LogP contribution >= 0.6 is 0 Å². The van der Waals surface area contributed by atoms with E-state index in [0.717, 1.165) is 19.3 Å². The summed E-state index contributed by atoms with van der Waals surface area (Å²) in [4.78, 5) is 34.5. The summed E-state index contributed by atoms with van der Waals surface area (Å²) in [7, 11) is 0. The first kappa shape index (κ1) is 16.5. The van der Waals surface area contributed by atoms with Crippen LogP contribution in [0.3, 0.4) is 0 Å².